The number of aliphatic hydroxyl groups is 2. The SMILES string of the molecule is Nc1ncc2c(n1)C(C1C[C@H](O)C(CO)O1)CC(=O)S2. The van der Waals surface area contributed by atoms with Crippen molar-refractivity contribution in [1.82, 2.24) is 9.97 Å². The molecule has 1 saturated heterocycles. The van der Waals surface area contributed by atoms with Gasteiger partial charge in [0.15, 0.2) is 5.12 Å². The Labute approximate surface area is 119 Å². The summed E-state index contributed by atoms with van der Waals surface area (Å²) in [6.45, 7) is -0.244. The molecule has 4 N–H and O–H groups in total. The smallest absolute Gasteiger partial charge is 0.220 e. The summed E-state index contributed by atoms with van der Waals surface area (Å²) in [5.41, 5.74) is 6.30. The number of fused-ring (bicyclic) bond motifs is 1. The first-order valence-corrected chi connectivity index (χ1v) is 7.17. The van der Waals surface area contributed by atoms with Crippen LogP contribution in [0.25, 0.3) is 0 Å². The van der Waals surface area contributed by atoms with Crippen molar-refractivity contribution in [3.63, 3.8) is 0 Å². The van der Waals surface area contributed by atoms with Crippen molar-refractivity contribution in [1.29, 1.82) is 0 Å². The minimum atomic E-state index is -0.725. The highest BCUT2D eigenvalue weighted by atomic mass is 32.2. The lowest BCUT2D eigenvalue weighted by Gasteiger charge is -2.27. The van der Waals surface area contributed by atoms with Crippen LogP contribution in [0.3, 0.4) is 0 Å². The molecule has 0 aromatic carbocycles. The summed E-state index contributed by atoms with van der Waals surface area (Å²) in [4.78, 5) is 20.6. The Morgan fingerprint density at radius 1 is 1.55 bits per heavy atom. The number of aromatic nitrogens is 2. The molecule has 0 radical (unpaired) electrons. The number of nitrogen functional groups attached to an aromatic ring is 1. The predicted octanol–water partition coefficient (Wildman–Crippen LogP) is -0.325. The van der Waals surface area contributed by atoms with E-state index in [4.69, 9.17) is 15.6 Å². The number of hydrogen-bond acceptors (Lipinski definition) is 8. The molecule has 1 aromatic heterocycles. The lowest BCUT2D eigenvalue weighted by molar-refractivity contribution is -0.112. The molecule has 7 nitrogen and oxygen atoms in total. The minimum Gasteiger partial charge on any atom is -0.394 e. The first-order chi connectivity index (χ1) is 9.58. The van der Waals surface area contributed by atoms with Gasteiger partial charge in [0, 0.05) is 25.0 Å². The van der Waals surface area contributed by atoms with Crippen LogP contribution in [0.5, 0.6) is 0 Å². The Balaban J connectivity index is 1.91. The van der Waals surface area contributed by atoms with E-state index in [0.717, 1.165) is 11.8 Å². The average molecular weight is 297 g/mol. The zero-order chi connectivity index (χ0) is 14.3. The van der Waals surface area contributed by atoms with Gasteiger partial charge in [0.2, 0.25) is 5.95 Å². The Bertz CT molecular complexity index is 541. The molecular weight excluding hydrogens is 282 g/mol. The Kier molecular flexibility index (Phi) is 3.63. The molecule has 3 unspecified atom stereocenters. The molecule has 3 heterocycles. The Morgan fingerprint density at radius 3 is 3.05 bits per heavy atom. The molecule has 0 saturated carbocycles. The van der Waals surface area contributed by atoms with Gasteiger partial charge in [0.1, 0.15) is 6.10 Å². The van der Waals surface area contributed by atoms with Crippen molar-refractivity contribution in [3.05, 3.63) is 11.9 Å². The van der Waals surface area contributed by atoms with E-state index in [2.05, 4.69) is 9.97 Å². The number of carbonyl (C=O) groups excluding carboxylic acids is 1. The first kappa shape index (κ1) is 13.7. The molecule has 0 spiro atoms. The van der Waals surface area contributed by atoms with Crippen LogP contribution in [0.1, 0.15) is 24.5 Å². The van der Waals surface area contributed by atoms with Gasteiger partial charge in [-0.3, -0.25) is 4.79 Å². The van der Waals surface area contributed by atoms with Gasteiger partial charge in [-0.15, -0.1) is 0 Å². The number of carbonyl (C=O) groups is 1. The predicted molar refractivity (Wildman–Crippen MR) is 71.0 cm³/mol. The van der Waals surface area contributed by atoms with Crippen LogP contribution in [0.15, 0.2) is 11.1 Å². The Morgan fingerprint density at radius 2 is 2.35 bits per heavy atom. The van der Waals surface area contributed by atoms with E-state index < -0.39 is 12.2 Å². The third-order valence-electron chi connectivity index (χ3n) is 3.64. The van der Waals surface area contributed by atoms with E-state index >= 15 is 0 Å². The highest BCUT2D eigenvalue weighted by molar-refractivity contribution is 8.13. The molecular formula is C12H15N3O4S. The van der Waals surface area contributed by atoms with E-state index in [-0.39, 0.29) is 36.1 Å². The van der Waals surface area contributed by atoms with Gasteiger partial charge in [-0.2, -0.15) is 0 Å². The molecule has 0 aliphatic carbocycles. The third kappa shape index (κ3) is 2.39. The fourth-order valence-corrected chi connectivity index (χ4v) is 3.59. The van der Waals surface area contributed by atoms with E-state index in [0.29, 0.717) is 17.0 Å². The maximum absolute atomic E-state index is 11.8. The topological polar surface area (TPSA) is 119 Å². The first-order valence-electron chi connectivity index (χ1n) is 6.36. The van der Waals surface area contributed by atoms with Gasteiger partial charge in [0.05, 0.1) is 29.4 Å². The van der Waals surface area contributed by atoms with Crippen LogP contribution in [-0.2, 0) is 9.53 Å². The zero-order valence-corrected chi connectivity index (χ0v) is 11.4. The summed E-state index contributed by atoms with van der Waals surface area (Å²) >= 11 is 1.10. The van der Waals surface area contributed by atoms with Gasteiger partial charge in [0.25, 0.3) is 0 Å². The zero-order valence-electron chi connectivity index (χ0n) is 10.6. The monoisotopic (exact) mass is 297 g/mol. The largest absolute Gasteiger partial charge is 0.394 e. The average Bonchev–Trinajstić information content (AvgIpc) is 2.79. The Hall–Kier alpha value is -1.22. The minimum absolute atomic E-state index is 0.0152. The van der Waals surface area contributed by atoms with Crippen LogP contribution >= 0.6 is 11.8 Å². The maximum atomic E-state index is 11.8. The summed E-state index contributed by atoms with van der Waals surface area (Å²) < 4.78 is 5.64. The molecule has 2 aliphatic heterocycles. The van der Waals surface area contributed by atoms with Gasteiger partial charge in [-0.05, 0) is 11.8 Å². The molecule has 8 heteroatoms. The molecule has 20 heavy (non-hydrogen) atoms. The van der Waals surface area contributed by atoms with E-state index in [1.54, 1.807) is 6.20 Å². The number of nitrogens with zero attached hydrogens (tertiary/aromatic N) is 2. The van der Waals surface area contributed by atoms with Crippen LogP contribution < -0.4 is 5.73 Å². The van der Waals surface area contributed by atoms with Gasteiger partial charge >= 0.3 is 0 Å². The third-order valence-corrected chi connectivity index (χ3v) is 4.57. The maximum Gasteiger partial charge on any atom is 0.220 e. The van der Waals surface area contributed by atoms with Gasteiger partial charge < -0.3 is 20.7 Å². The fourth-order valence-electron chi connectivity index (χ4n) is 2.67. The number of hydrogen-bond donors (Lipinski definition) is 3. The molecule has 2 aliphatic rings. The molecule has 1 aromatic rings. The summed E-state index contributed by atoms with van der Waals surface area (Å²) in [5.74, 6) is -0.101. The highest BCUT2D eigenvalue weighted by Crippen LogP contribution is 2.42. The second-order valence-corrected chi connectivity index (χ2v) is 6.06. The summed E-state index contributed by atoms with van der Waals surface area (Å²) in [6, 6.07) is 0. The number of rotatable bonds is 2. The normalized spacial score (nSPS) is 33.2. The van der Waals surface area contributed by atoms with E-state index in [9.17, 15) is 9.90 Å². The number of ether oxygens (including phenoxy) is 1. The summed E-state index contributed by atoms with van der Waals surface area (Å²) in [6.07, 6.45) is 0.520. The lowest BCUT2D eigenvalue weighted by atomic mass is 9.92. The van der Waals surface area contributed by atoms with Crippen LogP contribution in [-0.4, -0.2) is 50.2 Å². The van der Waals surface area contributed by atoms with Gasteiger partial charge in [-0.25, -0.2) is 9.97 Å². The second-order valence-electron chi connectivity index (χ2n) is 4.96. The molecule has 3 rings (SSSR count). The number of thioether (sulfide) groups is 1. The van der Waals surface area contributed by atoms with Crippen molar-refractivity contribution in [2.24, 2.45) is 0 Å². The molecule has 108 valence electrons. The van der Waals surface area contributed by atoms with Crippen molar-refractivity contribution in [3.8, 4) is 0 Å². The van der Waals surface area contributed by atoms with Crippen LogP contribution in [0.4, 0.5) is 5.95 Å². The van der Waals surface area contributed by atoms with Crippen LogP contribution in [0, 0.1) is 0 Å². The number of nitrogens with two attached hydrogens (primary N) is 1. The van der Waals surface area contributed by atoms with Crippen LogP contribution in [0.2, 0.25) is 0 Å². The van der Waals surface area contributed by atoms with E-state index in [1.165, 1.54) is 0 Å². The lowest BCUT2D eigenvalue weighted by Crippen LogP contribution is -2.27. The van der Waals surface area contributed by atoms with Crippen molar-refractivity contribution < 1.29 is 19.7 Å². The van der Waals surface area contributed by atoms with Crippen molar-refractivity contribution in [2.75, 3.05) is 12.3 Å². The summed E-state index contributed by atoms with van der Waals surface area (Å²) in [5, 5.41) is 19.0. The number of anilines is 1. The summed E-state index contributed by atoms with van der Waals surface area (Å²) in [7, 11) is 0. The fraction of sp³-hybridized carbons (Fsp3) is 0.583. The molecule has 4 atom stereocenters. The second kappa shape index (κ2) is 5.28. The van der Waals surface area contributed by atoms with Crippen molar-refractivity contribution in [2.45, 2.75) is 42.0 Å². The standard InChI is InChI=1S/C12H15N3O4S/c13-12-14-3-9-11(15-12)5(1-10(18)20-9)7-2-6(17)8(4-16)19-7/h3,5-8,16-17H,1-2,4H2,(H2,13,14,15)/t5?,6-,7?,8?/m0/s1. The van der Waals surface area contributed by atoms with E-state index in [1.807, 2.05) is 0 Å². The molecule has 0 amide bonds. The quantitative estimate of drug-likeness (QED) is 0.679. The molecule has 1 fully saturated rings. The molecule has 0 bridgehead atoms. The van der Waals surface area contributed by atoms with Crippen molar-refractivity contribution >= 4 is 22.8 Å². The highest BCUT2D eigenvalue weighted by Gasteiger charge is 2.42. The number of aliphatic hydroxyl groups excluding tert-OH is 2. The van der Waals surface area contributed by atoms with Gasteiger partial charge in [-0.1, -0.05) is 0 Å².